The smallest absolute Gasteiger partial charge is 0.252 e. The van der Waals surface area contributed by atoms with Crippen molar-refractivity contribution in [2.75, 3.05) is 6.54 Å². The highest BCUT2D eigenvalue weighted by Crippen LogP contribution is 2.59. The Morgan fingerprint density at radius 2 is 1.79 bits per heavy atom. The second-order valence-electron chi connectivity index (χ2n) is 10.1. The van der Waals surface area contributed by atoms with E-state index < -0.39 is 0 Å². The molecule has 5 saturated carbocycles. The van der Waals surface area contributed by atoms with E-state index in [-0.39, 0.29) is 18.1 Å². The Morgan fingerprint density at radius 3 is 2.39 bits per heavy atom. The van der Waals surface area contributed by atoms with Crippen molar-refractivity contribution in [1.29, 1.82) is 0 Å². The van der Waals surface area contributed by atoms with Crippen molar-refractivity contribution in [3.63, 3.8) is 0 Å². The van der Waals surface area contributed by atoms with Crippen molar-refractivity contribution < 1.29 is 9.53 Å². The summed E-state index contributed by atoms with van der Waals surface area (Å²) >= 11 is 6.35. The molecule has 1 aromatic carbocycles. The quantitative estimate of drug-likeness (QED) is 0.759. The molecule has 1 aromatic rings. The van der Waals surface area contributed by atoms with Gasteiger partial charge in [-0.25, -0.2) is 0 Å². The highest BCUT2D eigenvalue weighted by molar-refractivity contribution is 6.33. The van der Waals surface area contributed by atoms with Gasteiger partial charge in [0.25, 0.3) is 5.91 Å². The first-order chi connectivity index (χ1) is 13.5. The molecule has 3 N–H and O–H groups in total. The zero-order valence-electron chi connectivity index (χ0n) is 16.5. The van der Waals surface area contributed by atoms with Crippen molar-refractivity contribution >= 4 is 17.5 Å². The molecule has 2 unspecified atom stereocenters. The number of rotatable bonds is 5. The van der Waals surface area contributed by atoms with Gasteiger partial charge in [0.2, 0.25) is 0 Å². The zero-order valence-corrected chi connectivity index (χ0v) is 17.2. The minimum absolute atomic E-state index is 0.0747. The molecular formula is C23H31ClN2O2. The molecular weight excluding hydrogens is 372 g/mol. The standard InChI is InChI=1S/C23H31ClN2O2/c24-21-4-3-19(28-18-2-1-17(25)8-18)9-20(21)22(27)26-13-23-10-14-5-15(11-23)7-16(6-14)12-23/h3-4,9,14-18H,1-2,5-8,10-13,25H2,(H,26,27). The summed E-state index contributed by atoms with van der Waals surface area (Å²) in [7, 11) is 0. The van der Waals surface area contributed by atoms with Crippen molar-refractivity contribution in [2.45, 2.75) is 69.9 Å². The van der Waals surface area contributed by atoms with Gasteiger partial charge in [-0.15, -0.1) is 0 Å². The highest BCUT2D eigenvalue weighted by atomic mass is 35.5. The molecule has 5 fully saturated rings. The van der Waals surface area contributed by atoms with Crippen LogP contribution in [-0.4, -0.2) is 24.6 Å². The van der Waals surface area contributed by atoms with Crippen molar-refractivity contribution in [1.82, 2.24) is 5.32 Å². The number of benzene rings is 1. The first-order valence-electron chi connectivity index (χ1n) is 11.0. The van der Waals surface area contributed by atoms with Crippen LogP contribution in [0.4, 0.5) is 0 Å². The molecule has 0 heterocycles. The maximum Gasteiger partial charge on any atom is 0.252 e. The number of ether oxygens (including phenoxy) is 1. The van der Waals surface area contributed by atoms with E-state index in [0.29, 0.717) is 21.8 Å². The molecule has 2 atom stereocenters. The molecule has 5 aliphatic rings. The number of nitrogens with two attached hydrogens (primary N) is 1. The van der Waals surface area contributed by atoms with Crippen LogP contribution < -0.4 is 15.8 Å². The number of amides is 1. The van der Waals surface area contributed by atoms with Crippen molar-refractivity contribution in [2.24, 2.45) is 28.9 Å². The molecule has 0 aromatic heterocycles. The van der Waals surface area contributed by atoms with Crippen LogP contribution in [-0.2, 0) is 0 Å². The lowest BCUT2D eigenvalue weighted by Crippen LogP contribution is -2.51. The van der Waals surface area contributed by atoms with Gasteiger partial charge in [0.15, 0.2) is 0 Å². The number of hydrogen-bond acceptors (Lipinski definition) is 3. The predicted octanol–water partition coefficient (Wildman–Crippen LogP) is 4.54. The van der Waals surface area contributed by atoms with Gasteiger partial charge in [-0.3, -0.25) is 4.79 Å². The van der Waals surface area contributed by atoms with E-state index in [9.17, 15) is 4.79 Å². The van der Waals surface area contributed by atoms with Gasteiger partial charge in [0.05, 0.1) is 10.6 Å². The monoisotopic (exact) mass is 402 g/mol. The average Bonchev–Trinajstić information content (AvgIpc) is 3.05. The molecule has 1 amide bonds. The molecule has 4 bridgehead atoms. The van der Waals surface area contributed by atoms with Crippen LogP contribution >= 0.6 is 11.6 Å². The first-order valence-corrected chi connectivity index (χ1v) is 11.4. The molecule has 5 aliphatic carbocycles. The summed E-state index contributed by atoms with van der Waals surface area (Å²) in [6.45, 7) is 0.786. The predicted molar refractivity (Wildman–Crippen MR) is 111 cm³/mol. The fraction of sp³-hybridized carbons (Fsp3) is 0.696. The van der Waals surface area contributed by atoms with Gasteiger partial charge >= 0.3 is 0 Å². The summed E-state index contributed by atoms with van der Waals surface area (Å²) < 4.78 is 6.05. The number of nitrogens with one attached hydrogen (secondary N) is 1. The van der Waals surface area contributed by atoms with Crippen LogP contribution in [0, 0.1) is 23.2 Å². The van der Waals surface area contributed by atoms with E-state index >= 15 is 0 Å². The van der Waals surface area contributed by atoms with Crippen molar-refractivity contribution in [3.8, 4) is 5.75 Å². The van der Waals surface area contributed by atoms with Gasteiger partial charge < -0.3 is 15.8 Å². The minimum Gasteiger partial charge on any atom is -0.490 e. The topological polar surface area (TPSA) is 64.3 Å². The summed E-state index contributed by atoms with van der Waals surface area (Å²) in [6, 6.07) is 5.63. The van der Waals surface area contributed by atoms with Gasteiger partial charge in [-0.05, 0) is 99.2 Å². The molecule has 4 nitrogen and oxygen atoms in total. The lowest BCUT2D eigenvalue weighted by molar-refractivity contribution is -0.0503. The van der Waals surface area contributed by atoms with Gasteiger partial charge in [0.1, 0.15) is 11.9 Å². The molecule has 0 saturated heterocycles. The van der Waals surface area contributed by atoms with Crippen LogP contribution in [0.15, 0.2) is 18.2 Å². The first kappa shape index (κ1) is 18.7. The van der Waals surface area contributed by atoms with Gasteiger partial charge in [-0.1, -0.05) is 11.6 Å². The third-order valence-corrected chi connectivity index (χ3v) is 8.03. The Bertz CT molecular complexity index is 730. The maximum atomic E-state index is 12.9. The molecule has 5 heteroatoms. The third kappa shape index (κ3) is 3.66. The van der Waals surface area contributed by atoms with E-state index in [0.717, 1.165) is 43.6 Å². The molecule has 6 rings (SSSR count). The fourth-order valence-electron chi connectivity index (χ4n) is 6.89. The number of halogens is 1. The van der Waals surface area contributed by atoms with Gasteiger partial charge in [0, 0.05) is 12.6 Å². The Balaban J connectivity index is 1.24. The highest BCUT2D eigenvalue weighted by Gasteiger charge is 2.50. The van der Waals surface area contributed by atoms with Crippen LogP contribution in [0.5, 0.6) is 5.75 Å². The van der Waals surface area contributed by atoms with E-state index in [1.165, 1.54) is 38.5 Å². The SMILES string of the molecule is NC1CCC(Oc2ccc(Cl)c(C(=O)NCC34CC5CC(CC(C5)C3)C4)c2)C1. The Labute approximate surface area is 172 Å². The summed E-state index contributed by atoms with van der Waals surface area (Å²) in [5.41, 5.74) is 6.82. The zero-order chi connectivity index (χ0) is 19.3. The molecule has 0 aliphatic heterocycles. The normalized spacial score (nSPS) is 38.6. The maximum absolute atomic E-state index is 12.9. The van der Waals surface area contributed by atoms with Crippen LogP contribution in [0.2, 0.25) is 5.02 Å². The fourth-order valence-corrected chi connectivity index (χ4v) is 7.10. The third-order valence-electron chi connectivity index (χ3n) is 7.70. The second kappa shape index (κ2) is 7.21. The summed E-state index contributed by atoms with van der Waals surface area (Å²) in [5.74, 6) is 3.31. The van der Waals surface area contributed by atoms with E-state index in [1.54, 1.807) is 12.1 Å². The van der Waals surface area contributed by atoms with Crippen molar-refractivity contribution in [3.05, 3.63) is 28.8 Å². The minimum atomic E-state index is -0.0747. The second-order valence-corrected chi connectivity index (χ2v) is 10.5. The Morgan fingerprint density at radius 1 is 1.11 bits per heavy atom. The molecule has 0 radical (unpaired) electrons. The number of carbonyl (C=O) groups is 1. The number of carbonyl (C=O) groups excluding carboxylic acids is 1. The Kier molecular flexibility index (Phi) is 4.83. The molecule has 152 valence electrons. The summed E-state index contributed by atoms with van der Waals surface area (Å²) in [5, 5.41) is 3.71. The average molecular weight is 403 g/mol. The lowest BCUT2D eigenvalue weighted by Gasteiger charge is -2.56. The van der Waals surface area contributed by atoms with E-state index in [2.05, 4.69) is 5.32 Å². The van der Waals surface area contributed by atoms with E-state index in [4.69, 9.17) is 22.1 Å². The Hall–Kier alpha value is -1.26. The van der Waals surface area contributed by atoms with E-state index in [1.807, 2.05) is 6.07 Å². The number of hydrogen-bond donors (Lipinski definition) is 2. The van der Waals surface area contributed by atoms with Crippen LogP contribution in [0.25, 0.3) is 0 Å². The summed E-state index contributed by atoms with van der Waals surface area (Å²) in [6.07, 6.45) is 11.1. The molecule has 0 spiro atoms. The largest absolute Gasteiger partial charge is 0.490 e. The van der Waals surface area contributed by atoms with Crippen LogP contribution in [0.3, 0.4) is 0 Å². The van der Waals surface area contributed by atoms with Gasteiger partial charge in [-0.2, -0.15) is 0 Å². The molecule has 28 heavy (non-hydrogen) atoms. The van der Waals surface area contributed by atoms with Crippen LogP contribution in [0.1, 0.15) is 68.1 Å². The lowest BCUT2D eigenvalue weighted by atomic mass is 9.49. The summed E-state index contributed by atoms with van der Waals surface area (Å²) in [4.78, 5) is 12.9.